The van der Waals surface area contributed by atoms with E-state index in [1.54, 1.807) is 38.1 Å². The number of hydrogen-bond donors (Lipinski definition) is 0. The van der Waals surface area contributed by atoms with Crippen molar-refractivity contribution >= 4 is 19.4 Å². The van der Waals surface area contributed by atoms with E-state index in [4.69, 9.17) is 18.3 Å². The van der Waals surface area contributed by atoms with E-state index in [1.807, 2.05) is 27.7 Å². The van der Waals surface area contributed by atoms with Crippen LogP contribution in [0.1, 0.15) is 47.1 Å². The highest BCUT2D eigenvalue weighted by atomic mass is 31.2. The molecule has 0 unspecified atom stereocenters. The Bertz CT molecular complexity index is 633. The van der Waals surface area contributed by atoms with E-state index < -0.39 is 19.4 Å². The van der Waals surface area contributed by atoms with Gasteiger partial charge in [-0.1, -0.05) is 12.1 Å². The first-order chi connectivity index (χ1) is 11.6. The van der Waals surface area contributed by atoms with Crippen LogP contribution in [0.4, 0.5) is 0 Å². The van der Waals surface area contributed by atoms with Crippen LogP contribution in [0.2, 0.25) is 0 Å². The second-order valence-electron chi connectivity index (χ2n) is 6.26. The molecule has 1 aromatic rings. The first-order valence-corrected chi connectivity index (χ1v) is 9.65. The molecule has 6 nitrogen and oxygen atoms in total. The molecule has 0 amide bonds. The largest absolute Gasteiger partial charge is 0.530 e. The molecule has 0 N–H and O–H groups in total. The highest BCUT2D eigenvalue weighted by Gasteiger charge is 2.27. The van der Waals surface area contributed by atoms with E-state index in [0.29, 0.717) is 5.75 Å². The highest BCUT2D eigenvalue weighted by molar-refractivity contribution is 7.48. The molecule has 0 saturated heterocycles. The number of ether oxygens (including phenoxy) is 1. The van der Waals surface area contributed by atoms with Crippen molar-refractivity contribution in [1.82, 2.24) is 0 Å². The summed E-state index contributed by atoms with van der Waals surface area (Å²) in [4.78, 5) is 11.8. The molecule has 0 aromatic heterocycles. The van der Waals surface area contributed by atoms with Crippen LogP contribution in [0.3, 0.4) is 0 Å². The standard InChI is InChI=1S/C18H27O6P/c1-7-21-25(20,22-8-2)24-16-11-9-15(10-12-16)14(3)13-17(19)23-18(4,5)6/h9-13H,7-8H2,1-6H3/b14-13+. The number of rotatable bonds is 8. The Kier molecular flexibility index (Phi) is 7.87. The van der Waals surface area contributed by atoms with Gasteiger partial charge in [-0.25, -0.2) is 9.36 Å². The van der Waals surface area contributed by atoms with Crippen LogP contribution < -0.4 is 4.52 Å². The number of carbonyl (C=O) groups excluding carboxylic acids is 1. The first kappa shape index (κ1) is 21.4. The van der Waals surface area contributed by atoms with Crippen molar-refractivity contribution in [3.8, 4) is 5.75 Å². The molecule has 0 saturated carbocycles. The van der Waals surface area contributed by atoms with Gasteiger partial charge in [0, 0.05) is 6.08 Å². The van der Waals surface area contributed by atoms with Crippen LogP contribution >= 0.6 is 7.82 Å². The van der Waals surface area contributed by atoms with Crippen LogP contribution in [0.15, 0.2) is 30.3 Å². The molecule has 0 atom stereocenters. The Labute approximate surface area is 149 Å². The molecule has 0 spiro atoms. The maximum absolute atomic E-state index is 12.3. The van der Waals surface area contributed by atoms with E-state index in [1.165, 1.54) is 6.08 Å². The first-order valence-electron chi connectivity index (χ1n) is 8.19. The monoisotopic (exact) mass is 370 g/mol. The molecular weight excluding hydrogens is 343 g/mol. The van der Waals surface area contributed by atoms with Gasteiger partial charge in [0.15, 0.2) is 0 Å². The minimum absolute atomic E-state index is 0.215. The summed E-state index contributed by atoms with van der Waals surface area (Å²) < 4.78 is 33.1. The second kappa shape index (κ2) is 9.18. The van der Waals surface area contributed by atoms with Gasteiger partial charge < -0.3 is 9.26 Å². The molecule has 7 heteroatoms. The molecule has 0 aliphatic rings. The SMILES string of the molecule is CCOP(=O)(OCC)Oc1ccc(/C(C)=C/C(=O)OC(C)(C)C)cc1. The van der Waals surface area contributed by atoms with Gasteiger partial charge in [-0.15, -0.1) is 0 Å². The fraction of sp³-hybridized carbons (Fsp3) is 0.500. The Morgan fingerprint density at radius 2 is 1.60 bits per heavy atom. The van der Waals surface area contributed by atoms with E-state index in [2.05, 4.69) is 0 Å². The summed E-state index contributed by atoms with van der Waals surface area (Å²) in [7, 11) is -3.61. The van der Waals surface area contributed by atoms with Crippen LogP contribution in [0, 0.1) is 0 Å². The Balaban J connectivity index is 2.84. The van der Waals surface area contributed by atoms with Crippen molar-refractivity contribution in [2.75, 3.05) is 13.2 Å². The summed E-state index contributed by atoms with van der Waals surface area (Å²) in [5, 5.41) is 0. The third-order valence-corrected chi connectivity index (χ3v) is 4.43. The van der Waals surface area contributed by atoms with Gasteiger partial charge in [0.1, 0.15) is 11.4 Å². The summed E-state index contributed by atoms with van der Waals surface area (Å²) >= 11 is 0. The lowest BCUT2D eigenvalue weighted by Gasteiger charge is -2.18. The maximum atomic E-state index is 12.3. The number of phosphoric acid groups is 1. The molecule has 140 valence electrons. The van der Waals surface area contributed by atoms with Gasteiger partial charge in [0.2, 0.25) is 0 Å². The van der Waals surface area contributed by atoms with Gasteiger partial charge in [-0.05, 0) is 64.8 Å². The average Bonchev–Trinajstić information content (AvgIpc) is 2.46. The van der Waals surface area contributed by atoms with Crippen molar-refractivity contribution < 1.29 is 27.7 Å². The van der Waals surface area contributed by atoms with Gasteiger partial charge >= 0.3 is 13.8 Å². The molecule has 0 aliphatic heterocycles. The van der Waals surface area contributed by atoms with Crippen molar-refractivity contribution in [1.29, 1.82) is 0 Å². The predicted octanol–water partition coefficient (Wildman–Crippen LogP) is 4.99. The lowest BCUT2D eigenvalue weighted by molar-refractivity contribution is -0.148. The lowest BCUT2D eigenvalue weighted by atomic mass is 10.1. The third-order valence-electron chi connectivity index (χ3n) is 2.84. The zero-order valence-electron chi connectivity index (χ0n) is 15.7. The zero-order valence-corrected chi connectivity index (χ0v) is 16.6. The molecule has 0 bridgehead atoms. The van der Waals surface area contributed by atoms with Crippen molar-refractivity contribution in [2.45, 2.75) is 47.1 Å². The van der Waals surface area contributed by atoms with Gasteiger partial charge in [0.25, 0.3) is 0 Å². The smallest absolute Gasteiger partial charge is 0.457 e. The molecule has 1 aromatic carbocycles. The number of benzene rings is 1. The summed E-state index contributed by atoms with van der Waals surface area (Å²) in [6.45, 7) is 11.1. The van der Waals surface area contributed by atoms with E-state index in [-0.39, 0.29) is 13.2 Å². The van der Waals surface area contributed by atoms with E-state index in [0.717, 1.165) is 11.1 Å². The number of allylic oxidation sites excluding steroid dienone is 1. The molecular formula is C18H27O6P. The number of esters is 1. The second-order valence-corrected chi connectivity index (χ2v) is 7.85. The minimum atomic E-state index is -3.61. The number of hydrogen-bond acceptors (Lipinski definition) is 6. The minimum Gasteiger partial charge on any atom is -0.457 e. The van der Waals surface area contributed by atoms with E-state index >= 15 is 0 Å². The molecule has 0 fully saturated rings. The fourth-order valence-corrected chi connectivity index (χ4v) is 3.10. The topological polar surface area (TPSA) is 71.1 Å². The lowest BCUT2D eigenvalue weighted by Crippen LogP contribution is -2.22. The molecule has 25 heavy (non-hydrogen) atoms. The Hall–Kier alpha value is -1.62. The number of carbonyl (C=O) groups is 1. The van der Waals surface area contributed by atoms with Crippen LogP contribution in [-0.2, 0) is 23.1 Å². The van der Waals surface area contributed by atoms with Crippen molar-refractivity contribution in [3.05, 3.63) is 35.9 Å². The summed E-state index contributed by atoms with van der Waals surface area (Å²) in [6.07, 6.45) is 1.44. The predicted molar refractivity (Wildman–Crippen MR) is 97.4 cm³/mol. The van der Waals surface area contributed by atoms with Crippen molar-refractivity contribution in [2.24, 2.45) is 0 Å². The number of phosphoric ester groups is 1. The fourth-order valence-electron chi connectivity index (χ4n) is 1.91. The van der Waals surface area contributed by atoms with E-state index in [9.17, 15) is 9.36 Å². The van der Waals surface area contributed by atoms with Crippen molar-refractivity contribution in [3.63, 3.8) is 0 Å². The summed E-state index contributed by atoms with van der Waals surface area (Å²) in [5.41, 5.74) is 1.03. The quantitative estimate of drug-likeness (QED) is 0.365. The summed E-state index contributed by atoms with van der Waals surface area (Å²) in [5.74, 6) is -0.0402. The third kappa shape index (κ3) is 7.86. The van der Waals surface area contributed by atoms with Crippen LogP contribution in [-0.4, -0.2) is 24.8 Å². The maximum Gasteiger partial charge on any atom is 0.530 e. The average molecular weight is 370 g/mol. The normalized spacial score (nSPS) is 12.8. The summed E-state index contributed by atoms with van der Waals surface area (Å²) in [6, 6.07) is 6.81. The molecule has 0 heterocycles. The van der Waals surface area contributed by atoms with Gasteiger partial charge in [-0.2, -0.15) is 0 Å². The molecule has 0 radical (unpaired) electrons. The Morgan fingerprint density at radius 3 is 2.04 bits per heavy atom. The zero-order chi connectivity index (χ0) is 19.1. The van der Waals surface area contributed by atoms with Gasteiger partial charge in [-0.3, -0.25) is 9.05 Å². The van der Waals surface area contributed by atoms with Crippen LogP contribution in [0.25, 0.3) is 5.57 Å². The molecule has 1 rings (SSSR count). The Morgan fingerprint density at radius 1 is 1.08 bits per heavy atom. The van der Waals surface area contributed by atoms with Gasteiger partial charge in [0.05, 0.1) is 13.2 Å². The van der Waals surface area contributed by atoms with Crippen LogP contribution in [0.5, 0.6) is 5.75 Å². The highest BCUT2D eigenvalue weighted by Crippen LogP contribution is 2.49. The molecule has 0 aliphatic carbocycles.